The SMILES string of the molecule is Cc1ccc2oc(=O)c3c(c2c1)OC(N)=C(C#N)C3c1ccc(-c2cccnc2)cc1. The number of hydrogen-bond donors (Lipinski definition) is 1. The normalized spacial score (nSPS) is 15.3. The molecule has 3 heterocycles. The Bertz CT molecular complexity index is 1450. The van der Waals surface area contributed by atoms with Gasteiger partial charge in [-0.15, -0.1) is 0 Å². The lowest BCUT2D eigenvalue weighted by Gasteiger charge is -2.26. The maximum atomic E-state index is 13.0. The third kappa shape index (κ3) is 3.04. The molecule has 2 N–H and O–H groups in total. The molecule has 0 spiro atoms. The molecule has 0 radical (unpaired) electrons. The first-order chi connectivity index (χ1) is 15.1. The average molecular weight is 407 g/mol. The van der Waals surface area contributed by atoms with Crippen molar-refractivity contribution in [2.24, 2.45) is 5.73 Å². The van der Waals surface area contributed by atoms with Gasteiger partial charge in [-0.3, -0.25) is 4.98 Å². The first-order valence-corrected chi connectivity index (χ1v) is 9.72. The lowest BCUT2D eigenvalue weighted by Crippen LogP contribution is -2.26. The number of nitrogens with zero attached hydrogens (tertiary/aromatic N) is 2. The van der Waals surface area contributed by atoms with Gasteiger partial charge in [0.25, 0.3) is 0 Å². The molecule has 150 valence electrons. The van der Waals surface area contributed by atoms with Crippen LogP contribution in [0.5, 0.6) is 5.75 Å². The first-order valence-electron chi connectivity index (χ1n) is 9.72. The molecule has 1 unspecified atom stereocenters. The summed E-state index contributed by atoms with van der Waals surface area (Å²) in [6.07, 6.45) is 3.50. The van der Waals surface area contributed by atoms with Crippen LogP contribution in [-0.2, 0) is 0 Å². The molecule has 1 aliphatic rings. The highest BCUT2D eigenvalue weighted by atomic mass is 16.5. The van der Waals surface area contributed by atoms with Crippen LogP contribution in [0.2, 0.25) is 0 Å². The van der Waals surface area contributed by atoms with Gasteiger partial charge in [0, 0.05) is 12.4 Å². The second kappa shape index (κ2) is 7.15. The van der Waals surface area contributed by atoms with Crippen molar-refractivity contribution in [1.29, 1.82) is 5.26 Å². The number of nitriles is 1. The molecule has 0 saturated carbocycles. The third-order valence-corrected chi connectivity index (χ3v) is 5.46. The smallest absolute Gasteiger partial charge is 0.344 e. The summed E-state index contributed by atoms with van der Waals surface area (Å²) in [4.78, 5) is 17.1. The number of aryl methyl sites for hydroxylation is 1. The van der Waals surface area contributed by atoms with Crippen LogP contribution in [0.15, 0.2) is 87.7 Å². The van der Waals surface area contributed by atoms with Gasteiger partial charge in [-0.2, -0.15) is 5.26 Å². The van der Waals surface area contributed by atoms with Gasteiger partial charge in [-0.25, -0.2) is 4.79 Å². The summed E-state index contributed by atoms with van der Waals surface area (Å²) in [7, 11) is 0. The standard InChI is InChI=1S/C25H17N3O3/c1-14-4-9-20-18(11-14)23-22(25(29)30-20)21(19(12-26)24(27)31-23)16-7-5-15(6-8-16)17-3-2-10-28-13-17/h2-11,13,21H,27H2,1H3. The summed E-state index contributed by atoms with van der Waals surface area (Å²) in [5, 5.41) is 10.4. The number of fused-ring (bicyclic) bond motifs is 3. The highest BCUT2D eigenvalue weighted by Gasteiger charge is 2.35. The second-order valence-electron chi connectivity index (χ2n) is 7.42. The molecule has 0 fully saturated rings. The number of nitrogens with two attached hydrogens (primary N) is 1. The van der Waals surface area contributed by atoms with Gasteiger partial charge < -0.3 is 14.9 Å². The quantitative estimate of drug-likeness (QED) is 0.495. The van der Waals surface area contributed by atoms with E-state index in [-0.39, 0.29) is 17.0 Å². The Hall–Kier alpha value is -4.37. The van der Waals surface area contributed by atoms with E-state index in [2.05, 4.69) is 11.1 Å². The van der Waals surface area contributed by atoms with Crippen molar-refractivity contribution >= 4 is 11.0 Å². The third-order valence-electron chi connectivity index (χ3n) is 5.46. The summed E-state index contributed by atoms with van der Waals surface area (Å²) >= 11 is 0. The molecule has 0 aliphatic carbocycles. The molecule has 4 aromatic rings. The van der Waals surface area contributed by atoms with E-state index in [4.69, 9.17) is 14.9 Å². The lowest BCUT2D eigenvalue weighted by atomic mass is 9.83. The van der Waals surface area contributed by atoms with Crippen molar-refractivity contribution in [3.8, 4) is 22.9 Å². The van der Waals surface area contributed by atoms with Gasteiger partial charge in [0.1, 0.15) is 17.2 Å². The minimum absolute atomic E-state index is 0.00950. The molecule has 0 saturated heterocycles. The van der Waals surface area contributed by atoms with E-state index in [0.29, 0.717) is 16.7 Å². The minimum atomic E-state index is -0.683. The molecule has 1 aliphatic heterocycles. The molecule has 6 heteroatoms. The molecule has 2 aromatic carbocycles. The van der Waals surface area contributed by atoms with Crippen LogP contribution >= 0.6 is 0 Å². The van der Waals surface area contributed by atoms with Gasteiger partial charge in [0.05, 0.1) is 16.9 Å². The molecule has 0 amide bonds. The summed E-state index contributed by atoms with van der Waals surface area (Å²) in [5.74, 6) is -0.351. The molecule has 5 rings (SSSR count). The van der Waals surface area contributed by atoms with Gasteiger partial charge >= 0.3 is 5.63 Å². The molecular weight excluding hydrogens is 390 g/mol. The van der Waals surface area contributed by atoms with Crippen LogP contribution in [0.3, 0.4) is 0 Å². The van der Waals surface area contributed by atoms with Crippen molar-refractivity contribution < 1.29 is 9.15 Å². The number of ether oxygens (including phenoxy) is 1. The van der Waals surface area contributed by atoms with Crippen molar-refractivity contribution in [3.63, 3.8) is 0 Å². The fourth-order valence-electron chi connectivity index (χ4n) is 3.97. The summed E-state index contributed by atoms with van der Waals surface area (Å²) in [5.41, 5.74) is 10.1. The van der Waals surface area contributed by atoms with E-state index in [1.54, 1.807) is 18.5 Å². The molecule has 2 aromatic heterocycles. The minimum Gasteiger partial charge on any atom is -0.439 e. The lowest BCUT2D eigenvalue weighted by molar-refractivity contribution is 0.388. The zero-order chi connectivity index (χ0) is 21.5. The maximum Gasteiger partial charge on any atom is 0.344 e. The molecule has 1 atom stereocenters. The number of aromatic nitrogens is 1. The molecule has 31 heavy (non-hydrogen) atoms. The van der Waals surface area contributed by atoms with E-state index in [1.807, 2.05) is 55.5 Å². The van der Waals surface area contributed by atoms with Crippen LogP contribution < -0.4 is 16.1 Å². The Balaban J connectivity index is 1.72. The van der Waals surface area contributed by atoms with E-state index >= 15 is 0 Å². The van der Waals surface area contributed by atoms with E-state index in [9.17, 15) is 10.1 Å². The summed E-state index contributed by atoms with van der Waals surface area (Å²) in [6, 6.07) is 19.0. The average Bonchev–Trinajstić information content (AvgIpc) is 2.79. The fourth-order valence-corrected chi connectivity index (χ4v) is 3.97. The Morgan fingerprint density at radius 3 is 2.61 bits per heavy atom. The zero-order valence-corrected chi connectivity index (χ0v) is 16.6. The number of rotatable bonds is 2. The largest absolute Gasteiger partial charge is 0.439 e. The van der Waals surface area contributed by atoms with Crippen molar-refractivity contribution in [2.45, 2.75) is 12.8 Å². The molecular formula is C25H17N3O3. The summed E-state index contributed by atoms with van der Waals surface area (Å²) in [6.45, 7) is 1.94. The second-order valence-corrected chi connectivity index (χ2v) is 7.42. The van der Waals surface area contributed by atoms with E-state index in [0.717, 1.165) is 22.3 Å². The number of hydrogen-bond acceptors (Lipinski definition) is 6. The van der Waals surface area contributed by atoms with Crippen LogP contribution in [0.1, 0.15) is 22.6 Å². The van der Waals surface area contributed by atoms with Gasteiger partial charge in [0.15, 0.2) is 5.75 Å². The number of benzene rings is 2. The Labute approximate surface area is 177 Å². The maximum absolute atomic E-state index is 13.0. The first kappa shape index (κ1) is 18.6. The zero-order valence-electron chi connectivity index (χ0n) is 16.6. The van der Waals surface area contributed by atoms with Crippen LogP contribution in [0, 0.1) is 18.3 Å². The predicted molar refractivity (Wildman–Crippen MR) is 116 cm³/mol. The van der Waals surface area contributed by atoms with Crippen molar-refractivity contribution in [1.82, 2.24) is 4.98 Å². The number of pyridine rings is 1. The van der Waals surface area contributed by atoms with Crippen molar-refractivity contribution in [2.75, 3.05) is 0 Å². The topological polar surface area (TPSA) is 102 Å². The Morgan fingerprint density at radius 2 is 1.90 bits per heavy atom. The predicted octanol–water partition coefficient (Wildman–Crippen LogP) is 4.38. The highest BCUT2D eigenvalue weighted by molar-refractivity contribution is 5.86. The Kier molecular flexibility index (Phi) is 4.30. The molecule has 0 bridgehead atoms. The van der Waals surface area contributed by atoms with Crippen LogP contribution in [0.4, 0.5) is 0 Å². The van der Waals surface area contributed by atoms with Crippen LogP contribution in [0.25, 0.3) is 22.1 Å². The fraction of sp³-hybridized carbons (Fsp3) is 0.0800. The van der Waals surface area contributed by atoms with Gasteiger partial charge in [-0.1, -0.05) is 42.0 Å². The summed E-state index contributed by atoms with van der Waals surface area (Å²) < 4.78 is 11.4. The Morgan fingerprint density at radius 1 is 1.10 bits per heavy atom. The number of allylic oxidation sites excluding steroid dienone is 1. The monoisotopic (exact) mass is 407 g/mol. The molecule has 6 nitrogen and oxygen atoms in total. The van der Waals surface area contributed by atoms with Crippen molar-refractivity contribution in [3.05, 3.63) is 106 Å². The van der Waals surface area contributed by atoms with E-state index < -0.39 is 11.5 Å². The highest BCUT2D eigenvalue weighted by Crippen LogP contribution is 2.43. The van der Waals surface area contributed by atoms with Gasteiger partial charge in [-0.05, 0) is 41.8 Å². The van der Waals surface area contributed by atoms with Crippen LogP contribution in [-0.4, -0.2) is 4.98 Å². The van der Waals surface area contributed by atoms with E-state index in [1.165, 1.54) is 0 Å². The van der Waals surface area contributed by atoms with Gasteiger partial charge in [0.2, 0.25) is 5.88 Å².